The second kappa shape index (κ2) is 2.09. The molecule has 3 nitrogen and oxygen atoms in total. The highest BCUT2D eigenvalue weighted by Gasteiger charge is 2.19. The molecule has 0 aliphatic carbocycles. The number of rotatable bonds is 1. The molecule has 0 saturated carbocycles. The Morgan fingerprint density at radius 3 is 3.50 bits per heavy atom. The number of hydrogen-bond donors (Lipinski definition) is 1. The first kappa shape index (κ1) is 5.92. The van der Waals surface area contributed by atoms with Crippen molar-refractivity contribution in [3.05, 3.63) is 18.2 Å². The van der Waals surface area contributed by atoms with Gasteiger partial charge >= 0.3 is 0 Å². The fourth-order valence-electron chi connectivity index (χ4n) is 1.54. The molecule has 0 bridgehead atoms. The normalized spacial score (nSPS) is 23.1. The van der Waals surface area contributed by atoms with Gasteiger partial charge in [0.25, 0.3) is 0 Å². The molecule has 1 aromatic rings. The molecule has 1 atom stereocenters. The van der Waals surface area contributed by atoms with Crippen LogP contribution in [0.2, 0.25) is 0 Å². The van der Waals surface area contributed by atoms with Crippen molar-refractivity contribution in [1.82, 2.24) is 9.55 Å². The summed E-state index contributed by atoms with van der Waals surface area (Å²) in [6.45, 7) is 0.739. The van der Waals surface area contributed by atoms with E-state index in [1.807, 2.05) is 12.4 Å². The molecule has 0 saturated heterocycles. The number of imidazole rings is 1. The lowest BCUT2D eigenvalue weighted by atomic mass is 10.2. The van der Waals surface area contributed by atoms with E-state index in [9.17, 15) is 0 Å². The van der Waals surface area contributed by atoms with Gasteiger partial charge in [-0.1, -0.05) is 0 Å². The van der Waals surface area contributed by atoms with E-state index in [-0.39, 0.29) is 0 Å². The van der Waals surface area contributed by atoms with Crippen LogP contribution in [0.25, 0.3) is 0 Å². The number of fused-ring (bicyclic) bond motifs is 1. The highest BCUT2D eigenvalue weighted by Crippen LogP contribution is 2.22. The number of nitrogens with two attached hydrogens (primary N) is 1. The minimum absolute atomic E-state index is 0.512. The second-order valence-electron chi connectivity index (χ2n) is 2.68. The van der Waals surface area contributed by atoms with E-state index in [4.69, 9.17) is 5.73 Å². The second-order valence-corrected chi connectivity index (χ2v) is 2.68. The third-order valence-corrected chi connectivity index (χ3v) is 2.12. The van der Waals surface area contributed by atoms with Gasteiger partial charge < -0.3 is 10.3 Å². The van der Waals surface area contributed by atoms with Crippen LogP contribution in [0.1, 0.15) is 18.3 Å². The van der Waals surface area contributed by atoms with Gasteiger partial charge in [0.2, 0.25) is 0 Å². The summed E-state index contributed by atoms with van der Waals surface area (Å²) in [5.74, 6) is 1.19. The van der Waals surface area contributed by atoms with Crippen LogP contribution in [0.4, 0.5) is 0 Å². The summed E-state index contributed by atoms with van der Waals surface area (Å²) in [5, 5.41) is 0. The molecule has 0 fully saturated rings. The lowest BCUT2D eigenvalue weighted by molar-refractivity contribution is 0.540. The molecule has 0 aromatic carbocycles. The zero-order valence-electron chi connectivity index (χ0n) is 5.83. The maximum atomic E-state index is 5.56. The average molecular weight is 137 g/mol. The van der Waals surface area contributed by atoms with Crippen LogP contribution in [0.5, 0.6) is 0 Å². The third-order valence-electron chi connectivity index (χ3n) is 2.12. The van der Waals surface area contributed by atoms with Gasteiger partial charge in [-0.25, -0.2) is 4.98 Å². The van der Waals surface area contributed by atoms with E-state index in [0.29, 0.717) is 6.04 Å². The van der Waals surface area contributed by atoms with Crippen LogP contribution < -0.4 is 5.73 Å². The molecular formula is C7H11N3. The Balaban J connectivity index is 2.34. The Morgan fingerprint density at radius 2 is 2.70 bits per heavy atom. The summed E-state index contributed by atoms with van der Waals surface area (Å²) in [4.78, 5) is 4.20. The minimum Gasteiger partial charge on any atom is -0.331 e. The lowest BCUT2D eigenvalue weighted by Gasteiger charge is -2.07. The van der Waals surface area contributed by atoms with Crippen molar-refractivity contribution < 1.29 is 0 Å². The van der Waals surface area contributed by atoms with Gasteiger partial charge in [0, 0.05) is 31.4 Å². The standard InChI is InChI=1S/C7H11N3/c8-5-6-1-2-7-9-3-4-10(6)7/h3-4,6H,1-2,5,8H2/t6-/m0/s1. The number of aryl methyl sites for hydroxylation is 1. The number of hydrogen-bond acceptors (Lipinski definition) is 2. The molecule has 10 heavy (non-hydrogen) atoms. The molecule has 0 spiro atoms. The smallest absolute Gasteiger partial charge is 0.109 e. The van der Waals surface area contributed by atoms with Gasteiger partial charge in [0.1, 0.15) is 5.82 Å². The summed E-state index contributed by atoms with van der Waals surface area (Å²) in [5.41, 5.74) is 5.56. The Kier molecular flexibility index (Phi) is 1.24. The minimum atomic E-state index is 0.512. The molecule has 1 aliphatic rings. The molecule has 2 heterocycles. The molecule has 3 heteroatoms. The van der Waals surface area contributed by atoms with E-state index >= 15 is 0 Å². The molecule has 1 aliphatic heterocycles. The molecule has 2 N–H and O–H groups in total. The largest absolute Gasteiger partial charge is 0.331 e. The number of aromatic nitrogens is 2. The van der Waals surface area contributed by atoms with E-state index in [2.05, 4.69) is 9.55 Å². The summed E-state index contributed by atoms with van der Waals surface area (Å²) in [6, 6.07) is 0.512. The Bertz CT molecular complexity index is 229. The first-order valence-electron chi connectivity index (χ1n) is 3.63. The predicted octanol–water partition coefficient (Wildman–Crippen LogP) is 0.329. The topological polar surface area (TPSA) is 43.8 Å². The van der Waals surface area contributed by atoms with Crippen molar-refractivity contribution in [3.8, 4) is 0 Å². The monoisotopic (exact) mass is 137 g/mol. The molecule has 2 rings (SSSR count). The summed E-state index contributed by atoms with van der Waals surface area (Å²) < 4.78 is 2.18. The van der Waals surface area contributed by atoms with Crippen molar-refractivity contribution >= 4 is 0 Å². The van der Waals surface area contributed by atoms with Crippen molar-refractivity contribution in [2.24, 2.45) is 5.73 Å². The third kappa shape index (κ3) is 0.671. The van der Waals surface area contributed by atoms with Gasteiger partial charge in [0.05, 0.1) is 0 Å². The Morgan fingerprint density at radius 1 is 1.80 bits per heavy atom. The van der Waals surface area contributed by atoms with Gasteiger partial charge in [-0.3, -0.25) is 0 Å². The molecule has 1 aromatic heterocycles. The van der Waals surface area contributed by atoms with Gasteiger partial charge in [0.15, 0.2) is 0 Å². The van der Waals surface area contributed by atoms with E-state index < -0.39 is 0 Å². The molecule has 0 radical (unpaired) electrons. The molecular weight excluding hydrogens is 126 g/mol. The van der Waals surface area contributed by atoms with Crippen molar-refractivity contribution in [2.45, 2.75) is 18.9 Å². The van der Waals surface area contributed by atoms with E-state index in [0.717, 1.165) is 13.0 Å². The highest BCUT2D eigenvalue weighted by atomic mass is 15.1. The SMILES string of the molecule is NC[C@@H]1CCc2nccn21. The molecule has 54 valence electrons. The average Bonchev–Trinajstić information content (AvgIpc) is 2.44. The Hall–Kier alpha value is -0.830. The zero-order chi connectivity index (χ0) is 6.97. The molecule has 0 amide bonds. The fourth-order valence-corrected chi connectivity index (χ4v) is 1.54. The van der Waals surface area contributed by atoms with Gasteiger partial charge in [-0.05, 0) is 6.42 Å². The summed E-state index contributed by atoms with van der Waals surface area (Å²) in [6.07, 6.45) is 6.12. The van der Waals surface area contributed by atoms with Gasteiger partial charge in [-0.2, -0.15) is 0 Å². The maximum absolute atomic E-state index is 5.56. The maximum Gasteiger partial charge on any atom is 0.109 e. The van der Waals surface area contributed by atoms with Crippen molar-refractivity contribution in [3.63, 3.8) is 0 Å². The van der Waals surface area contributed by atoms with E-state index in [1.165, 1.54) is 12.2 Å². The van der Waals surface area contributed by atoms with Crippen LogP contribution in [-0.2, 0) is 6.42 Å². The van der Waals surface area contributed by atoms with Crippen LogP contribution in [0.3, 0.4) is 0 Å². The van der Waals surface area contributed by atoms with Crippen molar-refractivity contribution in [1.29, 1.82) is 0 Å². The van der Waals surface area contributed by atoms with Crippen LogP contribution in [0.15, 0.2) is 12.4 Å². The highest BCUT2D eigenvalue weighted by molar-refractivity contribution is 5.01. The van der Waals surface area contributed by atoms with Crippen LogP contribution in [-0.4, -0.2) is 16.1 Å². The summed E-state index contributed by atoms with van der Waals surface area (Å²) in [7, 11) is 0. The predicted molar refractivity (Wildman–Crippen MR) is 38.6 cm³/mol. The Labute approximate surface area is 59.9 Å². The first-order chi connectivity index (χ1) is 4.92. The fraction of sp³-hybridized carbons (Fsp3) is 0.571. The van der Waals surface area contributed by atoms with Crippen LogP contribution >= 0.6 is 0 Å². The first-order valence-corrected chi connectivity index (χ1v) is 3.63. The van der Waals surface area contributed by atoms with Crippen molar-refractivity contribution in [2.75, 3.05) is 6.54 Å². The van der Waals surface area contributed by atoms with Crippen LogP contribution in [0, 0.1) is 0 Å². The summed E-state index contributed by atoms with van der Waals surface area (Å²) >= 11 is 0. The van der Waals surface area contributed by atoms with E-state index in [1.54, 1.807) is 0 Å². The quantitative estimate of drug-likeness (QED) is 0.606. The zero-order valence-corrected chi connectivity index (χ0v) is 5.83. The molecule has 0 unspecified atom stereocenters. The number of nitrogens with zero attached hydrogens (tertiary/aromatic N) is 2. The van der Waals surface area contributed by atoms with Gasteiger partial charge in [-0.15, -0.1) is 0 Å². The lowest BCUT2D eigenvalue weighted by Crippen LogP contribution is -2.14.